The highest BCUT2D eigenvalue weighted by atomic mass is 15.3. The SMILES string of the molecule is Cc1nc2c(n1Cc1nncn1C)CCCC2. The molecule has 5 nitrogen and oxygen atoms in total. The van der Waals surface area contributed by atoms with Crippen molar-refractivity contribution in [2.45, 2.75) is 39.2 Å². The number of aryl methyl sites for hydroxylation is 3. The molecule has 0 aromatic carbocycles. The van der Waals surface area contributed by atoms with Gasteiger partial charge < -0.3 is 9.13 Å². The molecule has 0 saturated carbocycles. The van der Waals surface area contributed by atoms with Gasteiger partial charge in [-0.05, 0) is 32.6 Å². The first-order chi connectivity index (χ1) is 8.25. The Morgan fingerprint density at radius 1 is 1.29 bits per heavy atom. The quantitative estimate of drug-likeness (QED) is 0.781. The lowest BCUT2D eigenvalue weighted by atomic mass is 10.0. The van der Waals surface area contributed by atoms with Crippen molar-refractivity contribution >= 4 is 0 Å². The number of nitrogens with zero attached hydrogens (tertiary/aromatic N) is 5. The molecule has 90 valence electrons. The lowest BCUT2D eigenvalue weighted by molar-refractivity contribution is 0.605. The van der Waals surface area contributed by atoms with Gasteiger partial charge in [0, 0.05) is 12.7 Å². The molecule has 2 heterocycles. The second-order valence-electron chi connectivity index (χ2n) is 4.70. The third kappa shape index (κ3) is 1.75. The monoisotopic (exact) mass is 231 g/mol. The molecule has 1 aliphatic rings. The maximum atomic E-state index is 4.67. The normalized spacial score (nSPS) is 14.9. The first-order valence-electron chi connectivity index (χ1n) is 6.13. The highest BCUT2D eigenvalue weighted by molar-refractivity contribution is 5.20. The fourth-order valence-electron chi connectivity index (χ4n) is 2.54. The minimum absolute atomic E-state index is 0.782. The van der Waals surface area contributed by atoms with Crippen molar-refractivity contribution < 1.29 is 0 Å². The lowest BCUT2D eigenvalue weighted by Crippen LogP contribution is -2.12. The predicted octanol–water partition coefficient (Wildman–Crippen LogP) is 1.25. The Hall–Kier alpha value is -1.65. The zero-order valence-corrected chi connectivity index (χ0v) is 10.3. The van der Waals surface area contributed by atoms with Gasteiger partial charge in [-0.1, -0.05) is 0 Å². The highest BCUT2D eigenvalue weighted by Crippen LogP contribution is 2.22. The van der Waals surface area contributed by atoms with Crippen molar-refractivity contribution in [3.05, 3.63) is 29.4 Å². The topological polar surface area (TPSA) is 48.5 Å². The number of aromatic nitrogens is 5. The second kappa shape index (κ2) is 3.98. The average Bonchev–Trinajstić information content (AvgIpc) is 2.85. The van der Waals surface area contributed by atoms with Crippen molar-refractivity contribution in [1.29, 1.82) is 0 Å². The Kier molecular flexibility index (Phi) is 2.46. The van der Waals surface area contributed by atoms with E-state index in [1.807, 2.05) is 11.6 Å². The van der Waals surface area contributed by atoms with Crippen LogP contribution in [0.5, 0.6) is 0 Å². The van der Waals surface area contributed by atoms with Crippen LogP contribution in [0.25, 0.3) is 0 Å². The number of rotatable bonds is 2. The summed E-state index contributed by atoms with van der Waals surface area (Å²) < 4.78 is 4.26. The summed E-state index contributed by atoms with van der Waals surface area (Å²) in [7, 11) is 1.98. The Morgan fingerprint density at radius 2 is 2.12 bits per heavy atom. The molecule has 3 rings (SSSR count). The van der Waals surface area contributed by atoms with Crippen LogP contribution >= 0.6 is 0 Å². The first-order valence-corrected chi connectivity index (χ1v) is 6.13. The largest absolute Gasteiger partial charge is 0.324 e. The molecule has 0 fully saturated rings. The number of imidazole rings is 1. The molecular formula is C12H17N5. The van der Waals surface area contributed by atoms with Crippen molar-refractivity contribution in [1.82, 2.24) is 24.3 Å². The van der Waals surface area contributed by atoms with Crippen LogP contribution in [0.2, 0.25) is 0 Å². The Morgan fingerprint density at radius 3 is 2.88 bits per heavy atom. The summed E-state index contributed by atoms with van der Waals surface area (Å²) in [5, 5.41) is 8.07. The van der Waals surface area contributed by atoms with Gasteiger partial charge >= 0.3 is 0 Å². The van der Waals surface area contributed by atoms with Crippen molar-refractivity contribution in [2.75, 3.05) is 0 Å². The smallest absolute Gasteiger partial charge is 0.152 e. The first kappa shape index (κ1) is 10.5. The maximum Gasteiger partial charge on any atom is 0.152 e. The van der Waals surface area contributed by atoms with Crippen LogP contribution in [0.4, 0.5) is 0 Å². The summed E-state index contributed by atoms with van der Waals surface area (Å²) in [6.45, 7) is 2.86. The summed E-state index contributed by atoms with van der Waals surface area (Å²) in [5.41, 5.74) is 2.69. The van der Waals surface area contributed by atoms with Gasteiger partial charge in [-0.3, -0.25) is 0 Å². The fourth-order valence-corrected chi connectivity index (χ4v) is 2.54. The predicted molar refractivity (Wildman–Crippen MR) is 63.7 cm³/mol. The van der Waals surface area contributed by atoms with Gasteiger partial charge in [0.25, 0.3) is 0 Å². The fraction of sp³-hybridized carbons (Fsp3) is 0.583. The van der Waals surface area contributed by atoms with E-state index in [0.717, 1.165) is 31.0 Å². The van der Waals surface area contributed by atoms with E-state index in [-0.39, 0.29) is 0 Å². The van der Waals surface area contributed by atoms with Gasteiger partial charge in [0.2, 0.25) is 0 Å². The van der Waals surface area contributed by atoms with Gasteiger partial charge in [0.15, 0.2) is 5.82 Å². The van der Waals surface area contributed by atoms with Crippen LogP contribution in [0.3, 0.4) is 0 Å². The van der Waals surface area contributed by atoms with Gasteiger partial charge in [-0.15, -0.1) is 10.2 Å². The standard InChI is InChI=1S/C12H17N5/c1-9-14-10-5-3-4-6-11(10)17(9)7-12-15-13-8-16(12)2/h8H,3-7H2,1-2H3. The molecule has 2 aromatic heterocycles. The molecule has 0 atom stereocenters. The molecule has 0 unspecified atom stereocenters. The molecule has 17 heavy (non-hydrogen) atoms. The molecule has 0 N–H and O–H groups in total. The molecule has 2 aromatic rings. The zero-order valence-electron chi connectivity index (χ0n) is 10.3. The Bertz CT molecular complexity index is 537. The molecular weight excluding hydrogens is 214 g/mol. The summed E-state index contributed by atoms with van der Waals surface area (Å²) in [6.07, 6.45) is 6.56. The van der Waals surface area contributed by atoms with E-state index in [0.29, 0.717) is 0 Å². The summed E-state index contributed by atoms with van der Waals surface area (Å²) in [5.74, 6) is 2.08. The molecule has 5 heteroatoms. The second-order valence-corrected chi connectivity index (χ2v) is 4.70. The third-order valence-corrected chi connectivity index (χ3v) is 3.53. The van der Waals surface area contributed by atoms with Crippen LogP contribution in [-0.4, -0.2) is 24.3 Å². The Balaban J connectivity index is 1.98. The summed E-state index contributed by atoms with van der Waals surface area (Å²) in [6, 6.07) is 0. The summed E-state index contributed by atoms with van der Waals surface area (Å²) in [4.78, 5) is 4.67. The Labute approximate surface area is 101 Å². The highest BCUT2D eigenvalue weighted by Gasteiger charge is 2.18. The molecule has 1 aliphatic carbocycles. The minimum Gasteiger partial charge on any atom is -0.324 e. The van der Waals surface area contributed by atoms with E-state index in [1.54, 1.807) is 6.33 Å². The zero-order chi connectivity index (χ0) is 11.8. The van der Waals surface area contributed by atoms with Crippen LogP contribution in [0.1, 0.15) is 35.9 Å². The summed E-state index contributed by atoms with van der Waals surface area (Å²) >= 11 is 0. The third-order valence-electron chi connectivity index (χ3n) is 3.53. The van der Waals surface area contributed by atoms with Gasteiger partial charge in [0.1, 0.15) is 12.2 Å². The average molecular weight is 231 g/mol. The molecule has 0 saturated heterocycles. The van der Waals surface area contributed by atoms with E-state index in [1.165, 1.54) is 24.2 Å². The molecule has 0 bridgehead atoms. The lowest BCUT2D eigenvalue weighted by Gasteiger charge is -2.14. The number of hydrogen-bond donors (Lipinski definition) is 0. The van der Waals surface area contributed by atoms with Crippen LogP contribution < -0.4 is 0 Å². The van der Waals surface area contributed by atoms with E-state index < -0.39 is 0 Å². The number of fused-ring (bicyclic) bond motifs is 1. The molecule has 0 aliphatic heterocycles. The van der Waals surface area contributed by atoms with Crippen molar-refractivity contribution in [3.63, 3.8) is 0 Å². The van der Waals surface area contributed by atoms with Gasteiger partial charge in [0.05, 0.1) is 12.2 Å². The van der Waals surface area contributed by atoms with Gasteiger partial charge in [-0.25, -0.2) is 4.98 Å². The van der Waals surface area contributed by atoms with Crippen LogP contribution in [0.15, 0.2) is 6.33 Å². The van der Waals surface area contributed by atoms with E-state index in [2.05, 4.69) is 26.7 Å². The van der Waals surface area contributed by atoms with E-state index >= 15 is 0 Å². The van der Waals surface area contributed by atoms with Crippen LogP contribution in [0, 0.1) is 6.92 Å². The number of hydrogen-bond acceptors (Lipinski definition) is 3. The minimum atomic E-state index is 0.782. The van der Waals surface area contributed by atoms with E-state index in [4.69, 9.17) is 0 Å². The van der Waals surface area contributed by atoms with E-state index in [9.17, 15) is 0 Å². The van der Waals surface area contributed by atoms with Crippen LogP contribution in [-0.2, 0) is 26.4 Å². The van der Waals surface area contributed by atoms with Crippen molar-refractivity contribution in [3.8, 4) is 0 Å². The molecule has 0 radical (unpaired) electrons. The van der Waals surface area contributed by atoms with Gasteiger partial charge in [-0.2, -0.15) is 0 Å². The van der Waals surface area contributed by atoms with Crippen molar-refractivity contribution in [2.24, 2.45) is 7.05 Å². The molecule has 0 spiro atoms. The maximum absolute atomic E-state index is 4.67. The molecule has 0 amide bonds.